The summed E-state index contributed by atoms with van der Waals surface area (Å²) >= 11 is 0. The third-order valence-corrected chi connectivity index (χ3v) is 1.83. The SMILES string of the molecule is O=C(C#Cc1ccccc1)NCC(F)(F)CO. The zero-order valence-corrected chi connectivity index (χ0v) is 8.91. The standard InChI is InChI=1S/C12H11F2NO2/c13-12(14,9-16)8-15-11(17)7-6-10-4-2-1-3-5-10/h1-5,16H,8-9H2,(H,15,17). The Morgan fingerprint density at radius 2 is 2.00 bits per heavy atom. The highest BCUT2D eigenvalue weighted by Gasteiger charge is 2.27. The van der Waals surface area contributed by atoms with Gasteiger partial charge in [-0.3, -0.25) is 4.79 Å². The molecule has 0 atom stereocenters. The molecule has 0 heterocycles. The molecular weight excluding hydrogens is 228 g/mol. The van der Waals surface area contributed by atoms with Gasteiger partial charge < -0.3 is 10.4 Å². The van der Waals surface area contributed by atoms with Gasteiger partial charge in [0.25, 0.3) is 11.8 Å². The first-order valence-corrected chi connectivity index (χ1v) is 4.87. The van der Waals surface area contributed by atoms with E-state index >= 15 is 0 Å². The minimum Gasteiger partial charge on any atom is -0.390 e. The van der Waals surface area contributed by atoms with Crippen molar-refractivity contribution in [3.05, 3.63) is 35.9 Å². The lowest BCUT2D eigenvalue weighted by Crippen LogP contribution is -2.38. The van der Waals surface area contributed by atoms with Gasteiger partial charge in [0.1, 0.15) is 6.61 Å². The van der Waals surface area contributed by atoms with Crippen molar-refractivity contribution in [1.29, 1.82) is 0 Å². The summed E-state index contributed by atoms with van der Waals surface area (Å²) in [6.45, 7) is -2.23. The molecule has 0 spiro atoms. The van der Waals surface area contributed by atoms with Crippen molar-refractivity contribution in [3.8, 4) is 11.8 Å². The molecule has 0 saturated heterocycles. The maximum atomic E-state index is 12.6. The van der Waals surface area contributed by atoms with E-state index in [0.717, 1.165) is 0 Å². The van der Waals surface area contributed by atoms with Crippen LogP contribution in [0.2, 0.25) is 0 Å². The van der Waals surface area contributed by atoms with Crippen LogP contribution in [0.25, 0.3) is 0 Å². The third kappa shape index (κ3) is 5.09. The van der Waals surface area contributed by atoms with E-state index in [0.29, 0.717) is 5.56 Å². The van der Waals surface area contributed by atoms with Crippen molar-refractivity contribution >= 4 is 5.91 Å². The predicted molar refractivity (Wildman–Crippen MR) is 58.4 cm³/mol. The molecule has 2 N–H and O–H groups in total. The van der Waals surface area contributed by atoms with Crippen LogP contribution < -0.4 is 5.32 Å². The summed E-state index contributed by atoms with van der Waals surface area (Å²) in [6.07, 6.45) is 0. The number of benzene rings is 1. The summed E-state index contributed by atoms with van der Waals surface area (Å²) in [7, 11) is 0. The van der Waals surface area contributed by atoms with Gasteiger partial charge in [-0.05, 0) is 12.1 Å². The molecule has 0 radical (unpaired) electrons. The van der Waals surface area contributed by atoms with E-state index < -0.39 is 25.0 Å². The zero-order valence-electron chi connectivity index (χ0n) is 8.91. The highest BCUT2D eigenvalue weighted by Crippen LogP contribution is 2.09. The Bertz CT molecular complexity index is 435. The summed E-state index contributed by atoms with van der Waals surface area (Å²) < 4.78 is 25.1. The predicted octanol–water partition coefficient (Wildman–Crippen LogP) is 0.782. The lowest BCUT2D eigenvalue weighted by molar-refractivity contribution is -0.118. The summed E-state index contributed by atoms with van der Waals surface area (Å²) in [5.74, 6) is 0.591. The Kier molecular flexibility index (Phi) is 4.61. The second-order valence-corrected chi connectivity index (χ2v) is 3.31. The van der Waals surface area contributed by atoms with Gasteiger partial charge in [-0.15, -0.1) is 0 Å². The van der Waals surface area contributed by atoms with Gasteiger partial charge in [0.2, 0.25) is 0 Å². The molecule has 3 nitrogen and oxygen atoms in total. The minimum atomic E-state index is -3.32. The smallest absolute Gasteiger partial charge is 0.296 e. The fourth-order valence-electron chi connectivity index (χ4n) is 0.960. The number of rotatable bonds is 3. The van der Waals surface area contributed by atoms with Crippen LogP contribution in [0.5, 0.6) is 0 Å². The first kappa shape index (κ1) is 13.1. The third-order valence-electron chi connectivity index (χ3n) is 1.83. The number of aliphatic hydroxyl groups is 1. The molecule has 17 heavy (non-hydrogen) atoms. The number of aliphatic hydroxyl groups excluding tert-OH is 1. The van der Waals surface area contributed by atoms with Crippen LogP contribution in [-0.2, 0) is 4.79 Å². The number of carbonyl (C=O) groups is 1. The molecule has 0 saturated carbocycles. The van der Waals surface area contributed by atoms with E-state index in [1.807, 2.05) is 5.32 Å². The van der Waals surface area contributed by atoms with Crippen molar-refractivity contribution in [2.75, 3.05) is 13.2 Å². The van der Waals surface area contributed by atoms with Gasteiger partial charge in [-0.1, -0.05) is 24.1 Å². The van der Waals surface area contributed by atoms with Gasteiger partial charge in [-0.25, -0.2) is 8.78 Å². The lowest BCUT2D eigenvalue weighted by atomic mass is 10.2. The topological polar surface area (TPSA) is 49.3 Å². The molecule has 90 valence electrons. The molecule has 1 aromatic rings. The normalized spacial score (nSPS) is 10.3. The molecular formula is C12H11F2NO2. The van der Waals surface area contributed by atoms with Crippen LogP contribution >= 0.6 is 0 Å². The number of amides is 1. The van der Waals surface area contributed by atoms with Gasteiger partial charge in [-0.2, -0.15) is 0 Å². The molecule has 5 heteroatoms. The Hall–Kier alpha value is -1.93. The molecule has 0 aliphatic rings. The van der Waals surface area contributed by atoms with Crippen LogP contribution in [0.1, 0.15) is 5.56 Å². The number of alkyl halides is 2. The van der Waals surface area contributed by atoms with E-state index in [2.05, 4.69) is 11.8 Å². The van der Waals surface area contributed by atoms with E-state index in [4.69, 9.17) is 5.11 Å². The molecule has 0 unspecified atom stereocenters. The van der Waals surface area contributed by atoms with Crippen LogP contribution in [0.4, 0.5) is 8.78 Å². The number of hydrogen-bond donors (Lipinski definition) is 2. The molecule has 0 aliphatic carbocycles. The minimum absolute atomic E-state index is 0.622. The molecule has 0 bridgehead atoms. The number of carbonyl (C=O) groups excluding carboxylic acids is 1. The van der Waals surface area contributed by atoms with E-state index in [1.165, 1.54) is 0 Å². The van der Waals surface area contributed by atoms with E-state index in [-0.39, 0.29) is 0 Å². The molecule has 1 amide bonds. The van der Waals surface area contributed by atoms with Crippen LogP contribution in [0.3, 0.4) is 0 Å². The molecule has 1 rings (SSSR count). The summed E-state index contributed by atoms with van der Waals surface area (Å²) in [5.41, 5.74) is 0.622. The second kappa shape index (κ2) is 5.97. The number of halogens is 2. The fraction of sp³-hybridized carbons (Fsp3) is 0.250. The Labute approximate surface area is 97.5 Å². The zero-order chi connectivity index (χ0) is 12.7. The van der Waals surface area contributed by atoms with Crippen molar-refractivity contribution in [2.24, 2.45) is 0 Å². The van der Waals surface area contributed by atoms with Crippen molar-refractivity contribution < 1.29 is 18.7 Å². The second-order valence-electron chi connectivity index (χ2n) is 3.31. The largest absolute Gasteiger partial charge is 0.390 e. The van der Waals surface area contributed by atoms with Crippen LogP contribution in [-0.4, -0.2) is 30.1 Å². The molecule has 0 aliphatic heterocycles. The average Bonchev–Trinajstić information content (AvgIpc) is 2.35. The summed E-state index contributed by atoms with van der Waals surface area (Å²) in [5, 5.41) is 10.2. The van der Waals surface area contributed by atoms with Crippen LogP contribution in [0.15, 0.2) is 30.3 Å². The maximum absolute atomic E-state index is 12.6. The highest BCUT2D eigenvalue weighted by molar-refractivity contribution is 5.94. The average molecular weight is 239 g/mol. The van der Waals surface area contributed by atoms with Gasteiger partial charge in [0, 0.05) is 11.5 Å². The lowest BCUT2D eigenvalue weighted by Gasteiger charge is -2.11. The Morgan fingerprint density at radius 3 is 2.59 bits per heavy atom. The first-order chi connectivity index (χ1) is 8.03. The fourth-order valence-corrected chi connectivity index (χ4v) is 0.960. The highest BCUT2D eigenvalue weighted by atomic mass is 19.3. The monoisotopic (exact) mass is 239 g/mol. The van der Waals surface area contributed by atoms with Crippen molar-refractivity contribution in [1.82, 2.24) is 5.32 Å². The molecule has 0 aromatic heterocycles. The quantitative estimate of drug-likeness (QED) is 0.766. The van der Waals surface area contributed by atoms with E-state index in [1.54, 1.807) is 30.3 Å². The Balaban J connectivity index is 2.49. The maximum Gasteiger partial charge on any atom is 0.296 e. The van der Waals surface area contributed by atoms with Crippen LogP contribution in [0, 0.1) is 11.8 Å². The van der Waals surface area contributed by atoms with Crippen molar-refractivity contribution in [2.45, 2.75) is 5.92 Å². The van der Waals surface area contributed by atoms with Gasteiger partial charge >= 0.3 is 0 Å². The van der Waals surface area contributed by atoms with Gasteiger partial charge in [0.15, 0.2) is 0 Å². The Morgan fingerprint density at radius 1 is 1.35 bits per heavy atom. The van der Waals surface area contributed by atoms with Crippen molar-refractivity contribution in [3.63, 3.8) is 0 Å². The first-order valence-electron chi connectivity index (χ1n) is 4.87. The molecule has 0 fully saturated rings. The molecule has 1 aromatic carbocycles. The number of hydrogen-bond acceptors (Lipinski definition) is 2. The van der Waals surface area contributed by atoms with Gasteiger partial charge in [0.05, 0.1) is 6.54 Å². The summed E-state index contributed by atoms with van der Waals surface area (Å²) in [6, 6.07) is 8.70. The summed E-state index contributed by atoms with van der Waals surface area (Å²) in [4.78, 5) is 11.1. The van der Waals surface area contributed by atoms with E-state index in [9.17, 15) is 13.6 Å². The number of nitrogens with one attached hydrogen (secondary N) is 1.